The summed E-state index contributed by atoms with van der Waals surface area (Å²) < 4.78 is 10.3. The van der Waals surface area contributed by atoms with Crippen molar-refractivity contribution in [2.24, 2.45) is 11.8 Å². The first-order valence-corrected chi connectivity index (χ1v) is 5.36. The molecule has 3 nitrogen and oxygen atoms in total. The van der Waals surface area contributed by atoms with Gasteiger partial charge < -0.3 is 9.47 Å². The van der Waals surface area contributed by atoms with Crippen LogP contribution in [0.2, 0.25) is 0 Å². The van der Waals surface area contributed by atoms with Crippen LogP contribution in [0.15, 0.2) is 0 Å². The van der Waals surface area contributed by atoms with Gasteiger partial charge in [0.25, 0.3) is 0 Å². The minimum absolute atomic E-state index is 0.113. The van der Waals surface area contributed by atoms with Crippen LogP contribution in [-0.2, 0) is 14.3 Å². The smallest absolute Gasteiger partial charge is 0.141 e. The number of carbonyl (C=O) groups excluding carboxylic acids is 1. The molecule has 0 aliphatic carbocycles. The van der Waals surface area contributed by atoms with Gasteiger partial charge in [0.15, 0.2) is 0 Å². The van der Waals surface area contributed by atoms with E-state index < -0.39 is 0 Å². The van der Waals surface area contributed by atoms with E-state index in [9.17, 15) is 4.79 Å². The fraction of sp³-hybridized carbons (Fsp3) is 0.909. The molecule has 0 aromatic heterocycles. The Morgan fingerprint density at radius 3 is 3.00 bits per heavy atom. The van der Waals surface area contributed by atoms with Gasteiger partial charge in [0.2, 0.25) is 0 Å². The molecule has 1 heterocycles. The van der Waals surface area contributed by atoms with Gasteiger partial charge in [0.05, 0.1) is 6.61 Å². The van der Waals surface area contributed by atoms with E-state index in [0.29, 0.717) is 19.0 Å². The second-order valence-corrected chi connectivity index (χ2v) is 4.00. The number of Topliss-reactive ketones (excluding diaryl/α,β-unsaturated/α-hetero) is 1. The van der Waals surface area contributed by atoms with E-state index in [1.54, 1.807) is 7.11 Å². The Hall–Kier alpha value is -0.410. The summed E-state index contributed by atoms with van der Waals surface area (Å²) in [4.78, 5) is 11.9. The highest BCUT2D eigenvalue weighted by Gasteiger charge is 2.25. The minimum Gasteiger partial charge on any atom is -0.385 e. The Bertz CT molecular complexity index is 173. The lowest BCUT2D eigenvalue weighted by Gasteiger charge is -2.23. The molecule has 1 saturated heterocycles. The zero-order valence-electron chi connectivity index (χ0n) is 9.12. The first-order valence-electron chi connectivity index (χ1n) is 5.36. The molecule has 0 N–H and O–H groups in total. The number of ether oxygens (including phenoxy) is 2. The molecule has 0 aromatic carbocycles. The second-order valence-electron chi connectivity index (χ2n) is 4.00. The van der Waals surface area contributed by atoms with E-state index in [1.165, 1.54) is 0 Å². The average molecular weight is 200 g/mol. The van der Waals surface area contributed by atoms with Gasteiger partial charge in [-0.05, 0) is 19.3 Å². The van der Waals surface area contributed by atoms with Crippen molar-refractivity contribution >= 4 is 5.78 Å². The fourth-order valence-electron chi connectivity index (χ4n) is 1.80. The molecule has 0 bridgehead atoms. The molecule has 1 rings (SSSR count). The van der Waals surface area contributed by atoms with Crippen LogP contribution in [-0.4, -0.2) is 32.7 Å². The lowest BCUT2D eigenvalue weighted by Crippen LogP contribution is -2.29. The van der Waals surface area contributed by atoms with Crippen molar-refractivity contribution in [3.8, 4) is 0 Å². The molecule has 0 amide bonds. The highest BCUT2D eigenvalue weighted by Crippen LogP contribution is 2.19. The molecule has 0 aromatic rings. The summed E-state index contributed by atoms with van der Waals surface area (Å²) in [5.41, 5.74) is 0. The SMILES string of the molecule is COCCC(C)C(=O)C1CCCOC1. The van der Waals surface area contributed by atoms with Gasteiger partial charge in [-0.3, -0.25) is 4.79 Å². The van der Waals surface area contributed by atoms with Crippen molar-refractivity contribution in [3.05, 3.63) is 0 Å². The van der Waals surface area contributed by atoms with Crippen LogP contribution >= 0.6 is 0 Å². The zero-order chi connectivity index (χ0) is 10.4. The van der Waals surface area contributed by atoms with Crippen LogP contribution in [0.25, 0.3) is 0 Å². The fourth-order valence-corrected chi connectivity index (χ4v) is 1.80. The first kappa shape index (κ1) is 11.7. The average Bonchev–Trinajstić information content (AvgIpc) is 2.26. The van der Waals surface area contributed by atoms with Gasteiger partial charge in [0, 0.05) is 32.2 Å². The van der Waals surface area contributed by atoms with E-state index in [0.717, 1.165) is 25.9 Å². The maximum absolute atomic E-state index is 11.9. The standard InChI is InChI=1S/C11H20O3/c1-9(5-7-13-2)11(12)10-4-3-6-14-8-10/h9-10H,3-8H2,1-2H3. The van der Waals surface area contributed by atoms with E-state index in [2.05, 4.69) is 0 Å². The molecule has 0 radical (unpaired) electrons. The Labute approximate surface area is 85.8 Å². The van der Waals surface area contributed by atoms with Crippen LogP contribution < -0.4 is 0 Å². The number of rotatable bonds is 5. The largest absolute Gasteiger partial charge is 0.385 e. The van der Waals surface area contributed by atoms with Crippen molar-refractivity contribution in [1.82, 2.24) is 0 Å². The molecule has 2 atom stereocenters. The predicted molar refractivity (Wildman–Crippen MR) is 54.2 cm³/mol. The van der Waals surface area contributed by atoms with Gasteiger partial charge in [0.1, 0.15) is 5.78 Å². The highest BCUT2D eigenvalue weighted by atomic mass is 16.5. The topological polar surface area (TPSA) is 35.5 Å². The van der Waals surface area contributed by atoms with Gasteiger partial charge in [-0.25, -0.2) is 0 Å². The molecule has 0 saturated carbocycles. The minimum atomic E-state index is 0.113. The molecule has 2 unspecified atom stereocenters. The predicted octanol–water partition coefficient (Wildman–Crippen LogP) is 1.65. The van der Waals surface area contributed by atoms with Crippen molar-refractivity contribution in [1.29, 1.82) is 0 Å². The van der Waals surface area contributed by atoms with Gasteiger partial charge >= 0.3 is 0 Å². The van der Waals surface area contributed by atoms with Crippen LogP contribution in [0.1, 0.15) is 26.2 Å². The normalized spacial score (nSPS) is 24.6. The Balaban J connectivity index is 2.30. The van der Waals surface area contributed by atoms with Gasteiger partial charge in [-0.2, -0.15) is 0 Å². The Kier molecular flexibility index (Phi) is 5.12. The monoisotopic (exact) mass is 200 g/mol. The summed E-state index contributed by atoms with van der Waals surface area (Å²) >= 11 is 0. The van der Waals surface area contributed by atoms with Crippen LogP contribution in [0, 0.1) is 11.8 Å². The maximum atomic E-state index is 11.9. The molecule has 14 heavy (non-hydrogen) atoms. The van der Waals surface area contributed by atoms with Gasteiger partial charge in [-0.1, -0.05) is 6.92 Å². The van der Waals surface area contributed by atoms with E-state index in [-0.39, 0.29) is 11.8 Å². The summed E-state index contributed by atoms with van der Waals surface area (Å²) in [5, 5.41) is 0. The lowest BCUT2D eigenvalue weighted by molar-refractivity contribution is -0.130. The van der Waals surface area contributed by atoms with Crippen LogP contribution in [0.3, 0.4) is 0 Å². The van der Waals surface area contributed by atoms with Crippen molar-refractivity contribution in [2.45, 2.75) is 26.2 Å². The van der Waals surface area contributed by atoms with E-state index in [4.69, 9.17) is 9.47 Å². The lowest BCUT2D eigenvalue weighted by atomic mass is 9.88. The third-order valence-electron chi connectivity index (χ3n) is 2.80. The maximum Gasteiger partial charge on any atom is 0.141 e. The summed E-state index contributed by atoms with van der Waals surface area (Å²) in [6.07, 6.45) is 2.84. The zero-order valence-corrected chi connectivity index (χ0v) is 9.12. The first-order chi connectivity index (χ1) is 6.75. The molecule has 1 fully saturated rings. The third-order valence-corrected chi connectivity index (χ3v) is 2.80. The molecule has 0 spiro atoms. The summed E-state index contributed by atoms with van der Waals surface area (Å²) in [7, 11) is 1.67. The number of hydrogen-bond acceptors (Lipinski definition) is 3. The third kappa shape index (κ3) is 3.39. The highest BCUT2D eigenvalue weighted by molar-refractivity contribution is 5.83. The Morgan fingerprint density at radius 1 is 1.64 bits per heavy atom. The summed E-state index contributed by atoms with van der Waals surface area (Å²) in [6.45, 7) is 4.09. The van der Waals surface area contributed by atoms with Crippen LogP contribution in [0.4, 0.5) is 0 Å². The van der Waals surface area contributed by atoms with Crippen LogP contribution in [0.5, 0.6) is 0 Å². The second kappa shape index (κ2) is 6.14. The van der Waals surface area contributed by atoms with E-state index in [1.807, 2.05) is 6.92 Å². The Morgan fingerprint density at radius 2 is 2.43 bits per heavy atom. The molecule has 82 valence electrons. The molecular formula is C11H20O3. The van der Waals surface area contributed by atoms with Crippen molar-refractivity contribution < 1.29 is 14.3 Å². The summed E-state index contributed by atoms with van der Waals surface area (Å²) in [5.74, 6) is 0.596. The number of ketones is 1. The van der Waals surface area contributed by atoms with Gasteiger partial charge in [-0.15, -0.1) is 0 Å². The molecule has 3 heteroatoms. The van der Waals surface area contributed by atoms with Crippen molar-refractivity contribution in [2.75, 3.05) is 26.9 Å². The molecule has 1 aliphatic rings. The quantitative estimate of drug-likeness (QED) is 0.677. The number of carbonyl (C=O) groups is 1. The number of methoxy groups -OCH3 is 1. The molecular weight excluding hydrogens is 180 g/mol. The number of hydrogen-bond donors (Lipinski definition) is 0. The molecule has 1 aliphatic heterocycles. The van der Waals surface area contributed by atoms with Crippen molar-refractivity contribution in [3.63, 3.8) is 0 Å². The summed E-state index contributed by atoms with van der Waals surface area (Å²) in [6, 6.07) is 0. The van der Waals surface area contributed by atoms with E-state index >= 15 is 0 Å².